The quantitative estimate of drug-likeness (QED) is 0.438. The maximum Gasteiger partial charge on any atom is 0.0601 e. The van der Waals surface area contributed by atoms with Gasteiger partial charge in [0, 0.05) is 11.8 Å². The van der Waals surface area contributed by atoms with E-state index in [-0.39, 0.29) is 0 Å². The zero-order valence-electron chi connectivity index (χ0n) is 5.31. The predicted octanol–water partition coefficient (Wildman–Crippen LogP) is 0.888. The van der Waals surface area contributed by atoms with Crippen LogP contribution in [-0.2, 0) is 9.47 Å². The Bertz CT molecular complexity index is 73.5. The van der Waals surface area contributed by atoms with Crippen molar-refractivity contribution >= 4 is 11.6 Å². The molecule has 1 aliphatic rings. The van der Waals surface area contributed by atoms with Gasteiger partial charge in [-0.3, -0.25) is 0 Å². The van der Waals surface area contributed by atoms with Crippen molar-refractivity contribution in [2.45, 2.75) is 0 Å². The van der Waals surface area contributed by atoms with E-state index in [9.17, 15) is 0 Å². The van der Waals surface area contributed by atoms with Gasteiger partial charge in [-0.25, -0.2) is 0 Å². The average molecular weight is 151 g/mol. The van der Waals surface area contributed by atoms with Crippen molar-refractivity contribution in [3.63, 3.8) is 0 Å². The second kappa shape index (κ2) is 4.09. The van der Waals surface area contributed by atoms with Crippen molar-refractivity contribution in [3.05, 3.63) is 0 Å². The normalized spacial score (nSPS) is 19.7. The zero-order chi connectivity index (χ0) is 6.53. The van der Waals surface area contributed by atoms with Crippen molar-refractivity contribution in [2.75, 3.05) is 32.3 Å². The van der Waals surface area contributed by atoms with Gasteiger partial charge in [-0.15, -0.1) is 11.6 Å². The van der Waals surface area contributed by atoms with Gasteiger partial charge in [0.1, 0.15) is 0 Å². The fourth-order valence-corrected chi connectivity index (χ4v) is 0.794. The van der Waals surface area contributed by atoms with Crippen LogP contribution in [0.4, 0.5) is 0 Å². The van der Waals surface area contributed by atoms with Gasteiger partial charge in [0.15, 0.2) is 0 Å². The van der Waals surface area contributed by atoms with Crippen LogP contribution in [0.3, 0.4) is 0 Å². The summed E-state index contributed by atoms with van der Waals surface area (Å²) in [6.45, 7) is 3.20. The van der Waals surface area contributed by atoms with E-state index in [4.69, 9.17) is 21.1 Å². The number of ether oxygens (including phenoxy) is 2. The molecule has 0 aromatic carbocycles. The topological polar surface area (TPSA) is 18.5 Å². The van der Waals surface area contributed by atoms with E-state index in [1.807, 2.05) is 0 Å². The maximum atomic E-state index is 5.39. The molecular weight excluding hydrogens is 140 g/mol. The predicted molar refractivity (Wildman–Crippen MR) is 35.8 cm³/mol. The molecule has 1 fully saturated rings. The summed E-state index contributed by atoms with van der Waals surface area (Å²) >= 11 is 5.39. The molecular formula is C6H11ClO2. The minimum absolute atomic E-state index is 0.591. The molecule has 0 saturated carbocycles. The first-order chi connectivity index (χ1) is 4.43. The molecule has 0 N–H and O–H groups in total. The van der Waals surface area contributed by atoms with Crippen molar-refractivity contribution in [1.82, 2.24) is 0 Å². The molecule has 1 heterocycles. The standard InChI is InChI=1S/C6H11ClO2/c7-1-2-8-3-6-4-9-5-6/h6H,1-5H2. The van der Waals surface area contributed by atoms with Crippen LogP contribution in [0.1, 0.15) is 0 Å². The van der Waals surface area contributed by atoms with Crippen LogP contribution in [0.2, 0.25) is 0 Å². The molecule has 3 heteroatoms. The van der Waals surface area contributed by atoms with E-state index >= 15 is 0 Å². The van der Waals surface area contributed by atoms with Crippen molar-refractivity contribution in [3.8, 4) is 0 Å². The minimum Gasteiger partial charge on any atom is -0.381 e. The van der Waals surface area contributed by atoms with Gasteiger partial charge in [0.05, 0.1) is 26.4 Å². The Morgan fingerprint density at radius 1 is 1.56 bits per heavy atom. The molecule has 2 nitrogen and oxygen atoms in total. The third-order valence-electron chi connectivity index (χ3n) is 1.28. The number of hydrogen-bond donors (Lipinski definition) is 0. The second-order valence-corrected chi connectivity index (χ2v) is 2.55. The lowest BCUT2D eigenvalue weighted by Crippen LogP contribution is -2.31. The summed E-state index contributed by atoms with van der Waals surface area (Å²) in [7, 11) is 0. The largest absolute Gasteiger partial charge is 0.381 e. The molecule has 0 bridgehead atoms. The number of hydrogen-bond acceptors (Lipinski definition) is 2. The Hall–Kier alpha value is 0.210. The third-order valence-corrected chi connectivity index (χ3v) is 1.44. The van der Waals surface area contributed by atoms with Gasteiger partial charge in [0.2, 0.25) is 0 Å². The summed E-state index contributed by atoms with van der Waals surface area (Å²) in [5.41, 5.74) is 0. The summed E-state index contributed by atoms with van der Waals surface area (Å²) in [5, 5.41) is 0. The van der Waals surface area contributed by atoms with Gasteiger partial charge in [0.25, 0.3) is 0 Å². The fourth-order valence-electron chi connectivity index (χ4n) is 0.685. The Balaban J connectivity index is 1.80. The highest BCUT2D eigenvalue weighted by Crippen LogP contribution is 2.09. The lowest BCUT2D eigenvalue weighted by atomic mass is 10.1. The van der Waals surface area contributed by atoms with E-state index in [0.717, 1.165) is 19.8 Å². The van der Waals surface area contributed by atoms with Crippen LogP contribution in [0.25, 0.3) is 0 Å². The summed E-state index contributed by atoms with van der Waals surface area (Å²) in [6.07, 6.45) is 0. The molecule has 0 aromatic heterocycles. The molecule has 0 atom stereocenters. The van der Waals surface area contributed by atoms with Crippen LogP contribution >= 0.6 is 11.6 Å². The molecule has 9 heavy (non-hydrogen) atoms. The Morgan fingerprint density at radius 3 is 2.78 bits per heavy atom. The summed E-state index contributed by atoms with van der Waals surface area (Å²) in [5.74, 6) is 1.22. The van der Waals surface area contributed by atoms with Crippen LogP contribution in [0, 0.1) is 5.92 Å². The SMILES string of the molecule is ClCCOCC1COC1. The molecule has 54 valence electrons. The molecule has 0 spiro atoms. The summed E-state index contributed by atoms with van der Waals surface area (Å²) in [4.78, 5) is 0. The molecule has 1 aliphatic heterocycles. The first kappa shape index (κ1) is 7.32. The van der Waals surface area contributed by atoms with Crippen LogP contribution < -0.4 is 0 Å². The molecule has 1 saturated heterocycles. The highest BCUT2D eigenvalue weighted by molar-refractivity contribution is 6.17. The van der Waals surface area contributed by atoms with E-state index in [0.29, 0.717) is 18.4 Å². The monoisotopic (exact) mass is 150 g/mol. The first-order valence-electron chi connectivity index (χ1n) is 3.15. The van der Waals surface area contributed by atoms with Crippen LogP contribution in [-0.4, -0.2) is 32.3 Å². The van der Waals surface area contributed by atoms with Gasteiger partial charge >= 0.3 is 0 Å². The van der Waals surface area contributed by atoms with E-state index in [1.54, 1.807) is 0 Å². The van der Waals surface area contributed by atoms with Crippen LogP contribution in [0.5, 0.6) is 0 Å². The van der Waals surface area contributed by atoms with E-state index in [1.165, 1.54) is 0 Å². The zero-order valence-corrected chi connectivity index (χ0v) is 6.06. The molecule has 0 radical (unpaired) electrons. The highest BCUT2D eigenvalue weighted by atomic mass is 35.5. The molecule has 0 aromatic rings. The summed E-state index contributed by atoms with van der Waals surface area (Å²) < 4.78 is 10.1. The summed E-state index contributed by atoms with van der Waals surface area (Å²) in [6, 6.07) is 0. The number of alkyl halides is 1. The highest BCUT2D eigenvalue weighted by Gasteiger charge is 2.17. The van der Waals surface area contributed by atoms with E-state index in [2.05, 4.69) is 0 Å². The molecule has 0 unspecified atom stereocenters. The van der Waals surface area contributed by atoms with Gasteiger partial charge in [-0.2, -0.15) is 0 Å². The number of halogens is 1. The van der Waals surface area contributed by atoms with E-state index < -0.39 is 0 Å². The number of rotatable bonds is 4. The minimum atomic E-state index is 0.591. The van der Waals surface area contributed by atoms with Gasteiger partial charge in [-0.05, 0) is 0 Å². The first-order valence-corrected chi connectivity index (χ1v) is 3.68. The van der Waals surface area contributed by atoms with Gasteiger partial charge in [-0.1, -0.05) is 0 Å². The Kier molecular flexibility index (Phi) is 3.33. The van der Waals surface area contributed by atoms with Crippen molar-refractivity contribution in [1.29, 1.82) is 0 Å². The fraction of sp³-hybridized carbons (Fsp3) is 1.00. The maximum absolute atomic E-state index is 5.39. The molecule has 0 amide bonds. The third kappa shape index (κ3) is 2.52. The molecule has 0 aliphatic carbocycles. The second-order valence-electron chi connectivity index (χ2n) is 2.17. The van der Waals surface area contributed by atoms with Crippen molar-refractivity contribution in [2.24, 2.45) is 5.92 Å². The van der Waals surface area contributed by atoms with Crippen molar-refractivity contribution < 1.29 is 9.47 Å². The van der Waals surface area contributed by atoms with Crippen LogP contribution in [0.15, 0.2) is 0 Å². The lowest BCUT2D eigenvalue weighted by molar-refractivity contribution is -0.0696. The lowest BCUT2D eigenvalue weighted by Gasteiger charge is -2.25. The molecule has 1 rings (SSSR count). The van der Waals surface area contributed by atoms with Gasteiger partial charge < -0.3 is 9.47 Å². The smallest absolute Gasteiger partial charge is 0.0601 e. The Labute approximate surface area is 60.1 Å². The Morgan fingerprint density at radius 2 is 2.33 bits per heavy atom. The average Bonchev–Trinajstić information content (AvgIpc) is 1.76.